The van der Waals surface area contributed by atoms with Gasteiger partial charge in [0, 0.05) is 18.3 Å². The Kier molecular flexibility index (Phi) is 7.58. The molecule has 3 atom stereocenters. The van der Waals surface area contributed by atoms with E-state index in [1.54, 1.807) is 0 Å². The molecule has 6 nitrogen and oxygen atoms in total. The molecule has 3 rings (SSSR count). The Balaban J connectivity index is 1.83. The van der Waals surface area contributed by atoms with Gasteiger partial charge in [0.15, 0.2) is 11.0 Å². The van der Waals surface area contributed by atoms with Crippen molar-refractivity contribution in [1.82, 2.24) is 19.7 Å². The summed E-state index contributed by atoms with van der Waals surface area (Å²) in [6.45, 7) is 9.37. The number of anilines is 1. The van der Waals surface area contributed by atoms with Gasteiger partial charge in [-0.05, 0) is 58.8 Å². The van der Waals surface area contributed by atoms with Crippen LogP contribution in [0.5, 0.6) is 0 Å². The lowest BCUT2D eigenvalue weighted by Crippen LogP contribution is -2.40. The van der Waals surface area contributed by atoms with Gasteiger partial charge < -0.3 is 9.47 Å². The third-order valence-electron chi connectivity index (χ3n) is 5.86. The standard InChI is InChI=1S/C23H35N5OS/c1-7-9-14-27-21(19(8-2)26(5)6)24-25-23(27)30-17(4)22(29)28-16(3)15-18-12-10-11-13-20(18)28/h10-13,16-17,19H,7-9,14-15H2,1-6H3. The van der Waals surface area contributed by atoms with Crippen molar-refractivity contribution < 1.29 is 4.79 Å². The van der Waals surface area contributed by atoms with Crippen LogP contribution in [0.3, 0.4) is 0 Å². The fourth-order valence-corrected chi connectivity index (χ4v) is 5.18. The number of para-hydroxylation sites is 1. The van der Waals surface area contributed by atoms with Crippen molar-refractivity contribution in [1.29, 1.82) is 0 Å². The molecule has 0 saturated carbocycles. The van der Waals surface area contributed by atoms with Crippen molar-refractivity contribution in [2.45, 2.75) is 82.4 Å². The summed E-state index contributed by atoms with van der Waals surface area (Å²) in [4.78, 5) is 17.6. The molecule has 0 bridgehead atoms. The molecular weight excluding hydrogens is 394 g/mol. The monoisotopic (exact) mass is 429 g/mol. The molecule has 2 heterocycles. The number of carbonyl (C=O) groups excluding carboxylic acids is 1. The summed E-state index contributed by atoms with van der Waals surface area (Å²) in [5.41, 5.74) is 2.30. The number of rotatable bonds is 9. The average molecular weight is 430 g/mol. The highest BCUT2D eigenvalue weighted by Crippen LogP contribution is 2.35. The summed E-state index contributed by atoms with van der Waals surface area (Å²) >= 11 is 1.53. The topological polar surface area (TPSA) is 54.3 Å². The summed E-state index contributed by atoms with van der Waals surface area (Å²) in [6, 6.07) is 8.64. The molecule has 2 aromatic rings. The van der Waals surface area contributed by atoms with Gasteiger partial charge in [0.2, 0.25) is 5.91 Å². The molecule has 3 unspecified atom stereocenters. The molecule has 0 N–H and O–H groups in total. The zero-order valence-corrected chi connectivity index (χ0v) is 19.9. The molecule has 0 saturated heterocycles. The van der Waals surface area contributed by atoms with Gasteiger partial charge in [-0.2, -0.15) is 0 Å². The van der Waals surface area contributed by atoms with Gasteiger partial charge in [-0.1, -0.05) is 50.2 Å². The van der Waals surface area contributed by atoms with Crippen LogP contribution in [0.15, 0.2) is 29.4 Å². The molecule has 1 aromatic carbocycles. The van der Waals surface area contributed by atoms with E-state index in [1.807, 2.05) is 24.0 Å². The van der Waals surface area contributed by atoms with E-state index in [1.165, 1.54) is 17.3 Å². The Morgan fingerprint density at radius 3 is 2.67 bits per heavy atom. The van der Waals surface area contributed by atoms with Crippen LogP contribution in [0, 0.1) is 0 Å². The van der Waals surface area contributed by atoms with Crippen LogP contribution in [0.2, 0.25) is 0 Å². The molecular formula is C23H35N5OS. The van der Waals surface area contributed by atoms with Gasteiger partial charge in [0.05, 0.1) is 11.3 Å². The minimum Gasteiger partial charge on any atom is -0.308 e. The van der Waals surface area contributed by atoms with E-state index in [0.29, 0.717) is 0 Å². The van der Waals surface area contributed by atoms with Crippen LogP contribution in [-0.4, -0.2) is 51.0 Å². The molecule has 1 aliphatic rings. The van der Waals surface area contributed by atoms with Crippen molar-refractivity contribution >= 4 is 23.4 Å². The molecule has 7 heteroatoms. The maximum atomic E-state index is 13.4. The van der Waals surface area contributed by atoms with Crippen LogP contribution >= 0.6 is 11.8 Å². The van der Waals surface area contributed by atoms with Gasteiger partial charge in [0.25, 0.3) is 0 Å². The molecule has 1 aromatic heterocycles. The van der Waals surface area contributed by atoms with Gasteiger partial charge in [-0.25, -0.2) is 0 Å². The number of fused-ring (bicyclic) bond motifs is 1. The Bertz CT molecular complexity index is 865. The second kappa shape index (κ2) is 9.96. The van der Waals surface area contributed by atoms with E-state index in [4.69, 9.17) is 0 Å². The Hall–Kier alpha value is -1.86. The normalized spacial score (nSPS) is 18.0. The summed E-state index contributed by atoms with van der Waals surface area (Å²) in [7, 11) is 4.16. The third kappa shape index (κ3) is 4.57. The zero-order chi connectivity index (χ0) is 21.8. The second-order valence-electron chi connectivity index (χ2n) is 8.38. The highest BCUT2D eigenvalue weighted by molar-refractivity contribution is 8.00. The molecule has 30 heavy (non-hydrogen) atoms. The van der Waals surface area contributed by atoms with E-state index in [9.17, 15) is 4.79 Å². The molecule has 164 valence electrons. The van der Waals surface area contributed by atoms with Gasteiger partial charge in [0.1, 0.15) is 0 Å². The highest BCUT2D eigenvalue weighted by Gasteiger charge is 2.34. The van der Waals surface area contributed by atoms with E-state index >= 15 is 0 Å². The van der Waals surface area contributed by atoms with E-state index in [0.717, 1.165) is 48.9 Å². The number of thioether (sulfide) groups is 1. The molecule has 0 radical (unpaired) electrons. The first-order valence-corrected chi connectivity index (χ1v) is 11.9. The smallest absolute Gasteiger partial charge is 0.240 e. The van der Waals surface area contributed by atoms with Crippen molar-refractivity contribution in [3.63, 3.8) is 0 Å². The highest BCUT2D eigenvalue weighted by atomic mass is 32.2. The zero-order valence-electron chi connectivity index (χ0n) is 19.1. The number of aromatic nitrogens is 3. The quantitative estimate of drug-likeness (QED) is 0.548. The number of nitrogens with zero attached hydrogens (tertiary/aromatic N) is 5. The number of hydrogen-bond acceptors (Lipinski definition) is 5. The largest absolute Gasteiger partial charge is 0.308 e. The summed E-state index contributed by atoms with van der Waals surface area (Å²) in [5.74, 6) is 1.14. The van der Waals surface area contributed by atoms with Gasteiger partial charge in [-0.3, -0.25) is 9.69 Å². The minimum absolute atomic E-state index is 0.142. The Labute approximate surface area is 185 Å². The second-order valence-corrected chi connectivity index (χ2v) is 9.69. The number of unbranched alkanes of at least 4 members (excludes halogenated alkanes) is 1. The summed E-state index contributed by atoms with van der Waals surface area (Å²) < 4.78 is 2.23. The predicted octanol–water partition coefficient (Wildman–Crippen LogP) is 4.55. The number of hydrogen-bond donors (Lipinski definition) is 0. The van der Waals surface area contributed by atoms with Crippen LogP contribution in [0.4, 0.5) is 5.69 Å². The first-order valence-electron chi connectivity index (χ1n) is 11.1. The SMILES string of the molecule is CCCCn1c(SC(C)C(=O)N2c3ccccc3CC2C)nnc1C(CC)N(C)C. The van der Waals surface area contributed by atoms with Crippen molar-refractivity contribution in [2.24, 2.45) is 0 Å². The van der Waals surface area contributed by atoms with Crippen molar-refractivity contribution in [2.75, 3.05) is 19.0 Å². The lowest BCUT2D eigenvalue weighted by molar-refractivity contribution is -0.118. The molecule has 0 fully saturated rings. The van der Waals surface area contributed by atoms with Crippen LogP contribution in [-0.2, 0) is 17.8 Å². The first-order chi connectivity index (χ1) is 14.4. The molecule has 1 amide bonds. The fraction of sp³-hybridized carbons (Fsp3) is 0.609. The third-order valence-corrected chi connectivity index (χ3v) is 6.93. The predicted molar refractivity (Wildman–Crippen MR) is 124 cm³/mol. The van der Waals surface area contributed by atoms with Crippen LogP contribution < -0.4 is 4.90 Å². The minimum atomic E-state index is -0.226. The number of carbonyl (C=O) groups is 1. The summed E-state index contributed by atoms with van der Waals surface area (Å²) in [6.07, 6.45) is 4.06. The number of amides is 1. The maximum absolute atomic E-state index is 13.4. The van der Waals surface area contributed by atoms with E-state index in [2.05, 4.69) is 66.7 Å². The average Bonchev–Trinajstić information content (AvgIpc) is 3.26. The maximum Gasteiger partial charge on any atom is 0.240 e. The summed E-state index contributed by atoms with van der Waals surface area (Å²) in [5, 5.41) is 9.68. The van der Waals surface area contributed by atoms with Gasteiger partial charge in [-0.15, -0.1) is 10.2 Å². The van der Waals surface area contributed by atoms with Gasteiger partial charge >= 0.3 is 0 Å². The van der Waals surface area contributed by atoms with Crippen LogP contribution in [0.25, 0.3) is 0 Å². The van der Waals surface area contributed by atoms with E-state index in [-0.39, 0.29) is 23.2 Å². The molecule has 1 aliphatic heterocycles. The molecule has 0 aliphatic carbocycles. The van der Waals surface area contributed by atoms with Crippen LogP contribution in [0.1, 0.15) is 64.4 Å². The van der Waals surface area contributed by atoms with Crippen molar-refractivity contribution in [3.8, 4) is 0 Å². The Morgan fingerprint density at radius 2 is 2.00 bits per heavy atom. The van der Waals surface area contributed by atoms with Crippen molar-refractivity contribution in [3.05, 3.63) is 35.7 Å². The first kappa shape index (κ1) is 22.8. The molecule has 0 spiro atoms. The lowest BCUT2D eigenvalue weighted by Gasteiger charge is -2.26. The number of benzene rings is 1. The fourth-order valence-electron chi connectivity index (χ4n) is 4.24. The lowest BCUT2D eigenvalue weighted by atomic mass is 10.1. The van der Waals surface area contributed by atoms with E-state index < -0.39 is 0 Å². The Morgan fingerprint density at radius 1 is 1.27 bits per heavy atom.